The fourth-order valence-electron chi connectivity index (χ4n) is 3.83. The van der Waals surface area contributed by atoms with Crippen molar-refractivity contribution in [3.8, 4) is 11.5 Å². The lowest BCUT2D eigenvalue weighted by Crippen LogP contribution is -2.43. The molecule has 1 N–H and O–H groups in total. The molecular weight excluding hydrogens is 378 g/mol. The van der Waals surface area contributed by atoms with Crippen molar-refractivity contribution in [3.05, 3.63) is 23.8 Å². The van der Waals surface area contributed by atoms with E-state index in [1.807, 2.05) is 0 Å². The number of nitrogens with zero attached hydrogens (tertiary/aromatic N) is 2. The second-order valence-electron chi connectivity index (χ2n) is 7.18. The fourth-order valence-corrected chi connectivity index (χ4v) is 3.83. The van der Waals surface area contributed by atoms with Crippen molar-refractivity contribution in [3.63, 3.8) is 0 Å². The summed E-state index contributed by atoms with van der Waals surface area (Å²) in [6.45, 7) is 1.24. The lowest BCUT2D eigenvalue weighted by Gasteiger charge is -2.22. The van der Waals surface area contributed by atoms with E-state index >= 15 is 0 Å². The van der Waals surface area contributed by atoms with Crippen molar-refractivity contribution < 1.29 is 28.7 Å². The molecule has 2 fully saturated rings. The van der Waals surface area contributed by atoms with Crippen molar-refractivity contribution in [2.24, 2.45) is 0 Å². The first kappa shape index (κ1) is 20.6. The molecule has 1 saturated carbocycles. The third kappa shape index (κ3) is 4.03. The number of hydrogen-bond donors (Lipinski definition) is 1. The van der Waals surface area contributed by atoms with Crippen LogP contribution < -0.4 is 14.8 Å². The Kier molecular flexibility index (Phi) is 6.05. The average Bonchev–Trinajstić information content (AvgIpc) is 3.30. The van der Waals surface area contributed by atoms with Crippen LogP contribution in [0.5, 0.6) is 11.5 Å². The Bertz CT molecular complexity index is 834. The Morgan fingerprint density at radius 3 is 2.45 bits per heavy atom. The van der Waals surface area contributed by atoms with Gasteiger partial charge in [-0.2, -0.15) is 0 Å². The number of carbonyl (C=O) groups is 4. The number of nitrogens with one attached hydrogen (secondary N) is 1. The molecule has 1 saturated heterocycles. The minimum atomic E-state index is -0.955. The van der Waals surface area contributed by atoms with Crippen LogP contribution in [0.2, 0.25) is 0 Å². The molecule has 1 heterocycles. The Balaban J connectivity index is 1.68. The van der Waals surface area contributed by atoms with E-state index in [0.717, 1.165) is 17.7 Å². The summed E-state index contributed by atoms with van der Waals surface area (Å²) in [5.74, 6) is -1.19. The van der Waals surface area contributed by atoms with Crippen LogP contribution in [0.25, 0.3) is 0 Å². The molecule has 1 aromatic carbocycles. The van der Waals surface area contributed by atoms with Crippen LogP contribution in [0, 0.1) is 0 Å². The molecule has 1 aliphatic carbocycles. The van der Waals surface area contributed by atoms with Gasteiger partial charge in [-0.25, -0.2) is 9.69 Å². The van der Waals surface area contributed by atoms with E-state index in [2.05, 4.69) is 5.32 Å². The molecule has 156 valence electrons. The standard InChI is InChI=1S/C20H25N3O6/c1-12(15-10-14(28-2)8-9-16(15)29-3)21-17(24)11-22-18(25)19(26)23(20(22)27)13-6-4-5-7-13/h8-10,12-13H,4-7,11H2,1-3H3,(H,21,24)/t12-/m1/s1. The van der Waals surface area contributed by atoms with E-state index in [1.165, 1.54) is 14.2 Å². The quantitative estimate of drug-likeness (QED) is 0.548. The first-order chi connectivity index (χ1) is 13.9. The summed E-state index contributed by atoms with van der Waals surface area (Å²) in [4.78, 5) is 51.3. The molecule has 0 bridgehead atoms. The Hall–Kier alpha value is -3.10. The molecule has 2 aliphatic rings. The number of hydrogen-bond acceptors (Lipinski definition) is 6. The minimum Gasteiger partial charge on any atom is -0.497 e. The first-order valence-electron chi connectivity index (χ1n) is 9.57. The molecule has 0 unspecified atom stereocenters. The molecule has 0 radical (unpaired) electrons. The van der Waals surface area contributed by atoms with Crippen molar-refractivity contribution in [2.75, 3.05) is 20.8 Å². The highest BCUT2D eigenvalue weighted by molar-refractivity contribution is 6.45. The summed E-state index contributed by atoms with van der Waals surface area (Å²) in [5.41, 5.74) is 0.683. The Labute approximate surface area is 168 Å². The number of carbonyl (C=O) groups excluding carboxylic acids is 4. The van der Waals surface area contributed by atoms with Crippen LogP contribution in [0.3, 0.4) is 0 Å². The largest absolute Gasteiger partial charge is 0.497 e. The maximum Gasteiger partial charge on any atom is 0.334 e. The summed E-state index contributed by atoms with van der Waals surface area (Å²) < 4.78 is 10.5. The zero-order valence-corrected chi connectivity index (χ0v) is 16.8. The molecule has 29 heavy (non-hydrogen) atoms. The van der Waals surface area contributed by atoms with Gasteiger partial charge in [-0.05, 0) is 38.0 Å². The summed E-state index contributed by atoms with van der Waals surface area (Å²) in [6.07, 6.45) is 3.21. The molecule has 1 aliphatic heterocycles. The van der Waals surface area contributed by atoms with Crippen molar-refractivity contribution in [1.82, 2.24) is 15.1 Å². The van der Waals surface area contributed by atoms with Gasteiger partial charge in [-0.3, -0.25) is 19.3 Å². The second kappa shape index (κ2) is 8.50. The van der Waals surface area contributed by atoms with E-state index in [0.29, 0.717) is 34.8 Å². The Morgan fingerprint density at radius 2 is 1.83 bits per heavy atom. The zero-order chi connectivity index (χ0) is 21.1. The molecule has 0 spiro atoms. The number of amides is 5. The van der Waals surface area contributed by atoms with Crippen LogP contribution in [0.4, 0.5) is 4.79 Å². The van der Waals surface area contributed by atoms with E-state index in [-0.39, 0.29) is 6.04 Å². The minimum absolute atomic E-state index is 0.257. The third-order valence-electron chi connectivity index (χ3n) is 5.36. The van der Waals surface area contributed by atoms with Crippen molar-refractivity contribution >= 4 is 23.8 Å². The average molecular weight is 403 g/mol. The summed E-state index contributed by atoms with van der Waals surface area (Å²) in [7, 11) is 3.05. The van der Waals surface area contributed by atoms with Crippen molar-refractivity contribution in [1.29, 1.82) is 0 Å². The zero-order valence-electron chi connectivity index (χ0n) is 16.8. The summed E-state index contributed by atoms with van der Waals surface area (Å²) >= 11 is 0. The summed E-state index contributed by atoms with van der Waals surface area (Å²) in [5, 5.41) is 2.74. The number of ether oxygens (including phenoxy) is 2. The van der Waals surface area contributed by atoms with Gasteiger partial charge in [-0.1, -0.05) is 12.8 Å². The van der Waals surface area contributed by atoms with Crippen LogP contribution in [-0.2, 0) is 14.4 Å². The van der Waals surface area contributed by atoms with Crippen molar-refractivity contribution in [2.45, 2.75) is 44.7 Å². The van der Waals surface area contributed by atoms with Gasteiger partial charge in [0.05, 0.1) is 20.3 Å². The lowest BCUT2D eigenvalue weighted by atomic mass is 10.1. The maximum atomic E-state index is 12.6. The first-order valence-corrected chi connectivity index (χ1v) is 9.57. The maximum absolute atomic E-state index is 12.6. The predicted molar refractivity (Wildman–Crippen MR) is 102 cm³/mol. The molecule has 5 amide bonds. The highest BCUT2D eigenvalue weighted by Crippen LogP contribution is 2.30. The molecule has 0 aromatic heterocycles. The van der Waals surface area contributed by atoms with Gasteiger partial charge >= 0.3 is 17.8 Å². The van der Waals surface area contributed by atoms with Crippen LogP contribution in [0.1, 0.15) is 44.2 Å². The Morgan fingerprint density at radius 1 is 1.14 bits per heavy atom. The number of rotatable bonds is 7. The van der Waals surface area contributed by atoms with Gasteiger partial charge in [0.1, 0.15) is 18.0 Å². The highest BCUT2D eigenvalue weighted by atomic mass is 16.5. The smallest absolute Gasteiger partial charge is 0.334 e. The van der Waals surface area contributed by atoms with Crippen LogP contribution in [0.15, 0.2) is 18.2 Å². The molecule has 1 atom stereocenters. The van der Waals surface area contributed by atoms with Crippen LogP contribution >= 0.6 is 0 Å². The highest BCUT2D eigenvalue weighted by Gasteiger charge is 2.48. The number of imide groups is 2. The molecule has 3 rings (SSSR count). The molecule has 1 aromatic rings. The number of urea groups is 1. The monoisotopic (exact) mass is 403 g/mol. The number of methoxy groups -OCH3 is 2. The van der Waals surface area contributed by atoms with E-state index in [1.54, 1.807) is 25.1 Å². The van der Waals surface area contributed by atoms with E-state index in [9.17, 15) is 19.2 Å². The van der Waals surface area contributed by atoms with Crippen LogP contribution in [-0.4, -0.2) is 60.4 Å². The van der Waals surface area contributed by atoms with E-state index < -0.39 is 36.3 Å². The summed E-state index contributed by atoms with van der Waals surface area (Å²) in [6, 6.07) is 3.76. The predicted octanol–water partition coefficient (Wildman–Crippen LogP) is 1.61. The van der Waals surface area contributed by atoms with Gasteiger partial charge in [0.15, 0.2) is 0 Å². The van der Waals surface area contributed by atoms with Gasteiger partial charge < -0.3 is 14.8 Å². The van der Waals surface area contributed by atoms with E-state index in [4.69, 9.17) is 9.47 Å². The molecule has 9 heteroatoms. The normalized spacial score (nSPS) is 18.4. The molecule has 9 nitrogen and oxygen atoms in total. The SMILES string of the molecule is COc1ccc(OC)c([C@@H](C)NC(=O)CN2C(=O)C(=O)N(C3CCCC3)C2=O)c1. The fraction of sp³-hybridized carbons (Fsp3) is 0.500. The van der Waals surface area contributed by atoms with Gasteiger partial charge in [-0.15, -0.1) is 0 Å². The topological polar surface area (TPSA) is 105 Å². The van der Waals surface area contributed by atoms with Gasteiger partial charge in [0.2, 0.25) is 5.91 Å². The lowest BCUT2D eigenvalue weighted by molar-refractivity contribution is -0.144. The number of benzene rings is 1. The third-order valence-corrected chi connectivity index (χ3v) is 5.36. The molecular formula is C20H25N3O6. The van der Waals surface area contributed by atoms with Gasteiger partial charge in [0, 0.05) is 11.6 Å². The van der Waals surface area contributed by atoms with Gasteiger partial charge in [0.25, 0.3) is 0 Å². The second-order valence-corrected chi connectivity index (χ2v) is 7.18.